The van der Waals surface area contributed by atoms with Gasteiger partial charge in [0.2, 0.25) is 0 Å². The van der Waals surface area contributed by atoms with E-state index in [0.29, 0.717) is 5.69 Å². The Balaban J connectivity index is 2.28. The lowest BCUT2D eigenvalue weighted by atomic mass is 9.93. The summed E-state index contributed by atoms with van der Waals surface area (Å²) in [5.41, 5.74) is 2.67. The molecule has 0 aliphatic heterocycles. The van der Waals surface area contributed by atoms with Crippen LogP contribution < -0.4 is 10.0 Å². The third kappa shape index (κ3) is 5.83. The van der Waals surface area contributed by atoms with E-state index in [9.17, 15) is 18.0 Å². The van der Waals surface area contributed by atoms with Crippen molar-refractivity contribution >= 4 is 27.5 Å². The molecule has 1 aromatic heterocycles. The number of hydrogen-bond donors (Lipinski definition) is 2. The second kappa shape index (κ2) is 9.13. The van der Waals surface area contributed by atoms with Crippen LogP contribution >= 0.6 is 0 Å². The molecule has 0 radical (unpaired) electrons. The summed E-state index contributed by atoms with van der Waals surface area (Å²) in [6.45, 7) is 9.35. The van der Waals surface area contributed by atoms with Crippen molar-refractivity contribution in [2.24, 2.45) is 0 Å². The first-order valence-corrected chi connectivity index (χ1v) is 10.8. The van der Waals surface area contributed by atoms with Crippen molar-refractivity contribution in [2.45, 2.75) is 58.0 Å². The molecule has 0 atom stereocenters. The summed E-state index contributed by atoms with van der Waals surface area (Å²) in [6, 6.07) is 6.26. The molecule has 156 valence electrons. The summed E-state index contributed by atoms with van der Waals surface area (Å²) in [5.74, 6) is 0.101. The lowest BCUT2D eigenvalue weighted by molar-refractivity contribution is -0.116. The quantitative estimate of drug-likeness (QED) is 0.666. The van der Waals surface area contributed by atoms with Crippen molar-refractivity contribution in [3.05, 3.63) is 47.3 Å². The van der Waals surface area contributed by atoms with Crippen molar-refractivity contribution in [3.63, 3.8) is 0 Å². The van der Waals surface area contributed by atoms with E-state index in [0.717, 1.165) is 11.1 Å². The maximum Gasteiger partial charge on any atom is 0.333 e. The van der Waals surface area contributed by atoms with Crippen LogP contribution in [0.5, 0.6) is 0 Å². The van der Waals surface area contributed by atoms with Gasteiger partial charge in [0.25, 0.3) is 5.16 Å². The summed E-state index contributed by atoms with van der Waals surface area (Å²) in [6.07, 6.45) is 1.22. The van der Waals surface area contributed by atoms with Gasteiger partial charge >= 0.3 is 16.1 Å². The molecule has 1 heterocycles. The van der Waals surface area contributed by atoms with E-state index >= 15 is 0 Å². The standard InChI is InChI=1S/C20H26N4O4S/c1-12(2)16-7-6-8-17(13(3)4)18(16)23-19(26)24-29(27,28)20-21-10-9-15(22-20)11-14(5)25/h6-10,12-13H,11H2,1-5H3,(H2,23,24,26). The van der Waals surface area contributed by atoms with Gasteiger partial charge in [-0.15, -0.1) is 0 Å². The molecule has 0 aliphatic carbocycles. The lowest BCUT2D eigenvalue weighted by Crippen LogP contribution is -2.36. The molecule has 0 bridgehead atoms. The zero-order valence-corrected chi connectivity index (χ0v) is 18.0. The molecule has 29 heavy (non-hydrogen) atoms. The molecule has 0 saturated heterocycles. The average Bonchev–Trinajstić information content (AvgIpc) is 2.60. The molecule has 2 aromatic rings. The van der Waals surface area contributed by atoms with Gasteiger partial charge in [-0.2, -0.15) is 8.42 Å². The monoisotopic (exact) mass is 418 g/mol. The number of rotatable bonds is 7. The van der Waals surface area contributed by atoms with Crippen molar-refractivity contribution in [3.8, 4) is 0 Å². The molecule has 0 saturated carbocycles. The number of urea groups is 1. The number of hydrogen-bond acceptors (Lipinski definition) is 6. The first-order chi connectivity index (χ1) is 13.5. The van der Waals surface area contributed by atoms with Crippen LogP contribution in [0.1, 0.15) is 63.3 Å². The number of para-hydroxylation sites is 1. The van der Waals surface area contributed by atoms with E-state index in [1.165, 1.54) is 19.2 Å². The molecule has 8 nitrogen and oxygen atoms in total. The van der Waals surface area contributed by atoms with Gasteiger partial charge in [-0.3, -0.25) is 4.79 Å². The highest BCUT2D eigenvalue weighted by Gasteiger charge is 2.23. The number of aromatic nitrogens is 2. The number of amides is 2. The molecule has 0 aliphatic rings. The second-order valence-corrected chi connectivity index (χ2v) is 8.97. The predicted molar refractivity (Wildman–Crippen MR) is 110 cm³/mol. The number of nitrogens with one attached hydrogen (secondary N) is 2. The zero-order valence-electron chi connectivity index (χ0n) is 17.2. The van der Waals surface area contributed by atoms with E-state index in [2.05, 4.69) is 15.3 Å². The van der Waals surface area contributed by atoms with Crippen LogP contribution in [0.4, 0.5) is 10.5 Å². The Hall–Kier alpha value is -2.81. The van der Waals surface area contributed by atoms with Crippen LogP contribution in [0.3, 0.4) is 0 Å². The molecule has 0 spiro atoms. The summed E-state index contributed by atoms with van der Waals surface area (Å²) in [4.78, 5) is 31.3. The summed E-state index contributed by atoms with van der Waals surface area (Å²) in [5, 5.41) is 2.11. The largest absolute Gasteiger partial charge is 0.333 e. The third-order valence-corrected chi connectivity index (χ3v) is 5.33. The molecular weight excluding hydrogens is 392 g/mol. The summed E-state index contributed by atoms with van der Waals surface area (Å²) < 4.78 is 27.0. The Labute approximate surface area is 171 Å². The Morgan fingerprint density at radius 3 is 2.14 bits per heavy atom. The fraction of sp³-hybridized carbons (Fsp3) is 0.400. The van der Waals surface area contributed by atoms with Crippen molar-refractivity contribution in [1.82, 2.24) is 14.7 Å². The molecule has 1 aromatic carbocycles. The molecule has 0 unspecified atom stereocenters. The number of anilines is 1. The fourth-order valence-corrected chi connectivity index (χ4v) is 3.68. The molecular formula is C20H26N4O4S. The maximum absolute atomic E-state index is 12.5. The van der Waals surface area contributed by atoms with Gasteiger partial charge in [-0.25, -0.2) is 19.5 Å². The average molecular weight is 419 g/mol. The van der Waals surface area contributed by atoms with Gasteiger partial charge in [-0.1, -0.05) is 45.9 Å². The Morgan fingerprint density at radius 1 is 1.03 bits per heavy atom. The van der Waals surface area contributed by atoms with Gasteiger partial charge in [0, 0.05) is 18.3 Å². The van der Waals surface area contributed by atoms with Gasteiger partial charge in [0.05, 0.1) is 5.69 Å². The van der Waals surface area contributed by atoms with Crippen LogP contribution in [0.15, 0.2) is 35.6 Å². The van der Waals surface area contributed by atoms with Gasteiger partial charge < -0.3 is 5.32 Å². The Bertz CT molecular complexity index is 991. The minimum atomic E-state index is -4.30. The van der Waals surface area contributed by atoms with E-state index in [1.54, 1.807) is 0 Å². The van der Waals surface area contributed by atoms with E-state index in [4.69, 9.17) is 0 Å². The molecule has 2 rings (SSSR count). The minimum absolute atomic E-state index is 0.0171. The third-order valence-electron chi connectivity index (χ3n) is 4.20. The van der Waals surface area contributed by atoms with E-state index < -0.39 is 21.2 Å². The number of carbonyl (C=O) groups is 2. The number of Topliss-reactive ketones (excluding diaryl/α,β-unsaturated/α-hetero) is 1. The zero-order chi connectivity index (χ0) is 21.8. The highest BCUT2D eigenvalue weighted by Crippen LogP contribution is 2.32. The molecule has 0 fully saturated rings. The highest BCUT2D eigenvalue weighted by atomic mass is 32.2. The van der Waals surface area contributed by atoms with Crippen molar-refractivity contribution < 1.29 is 18.0 Å². The number of carbonyl (C=O) groups excluding carboxylic acids is 2. The van der Waals surface area contributed by atoms with E-state index in [-0.39, 0.29) is 29.7 Å². The first-order valence-electron chi connectivity index (χ1n) is 9.29. The topological polar surface area (TPSA) is 118 Å². The van der Waals surface area contributed by atoms with Gasteiger partial charge in [0.1, 0.15) is 5.78 Å². The normalized spacial score (nSPS) is 11.6. The van der Waals surface area contributed by atoms with Crippen molar-refractivity contribution in [1.29, 1.82) is 0 Å². The number of benzene rings is 1. The minimum Gasteiger partial charge on any atom is -0.307 e. The van der Waals surface area contributed by atoms with Crippen LogP contribution in [-0.2, 0) is 21.2 Å². The SMILES string of the molecule is CC(=O)Cc1ccnc(S(=O)(=O)NC(=O)Nc2c(C(C)C)cccc2C(C)C)n1. The van der Waals surface area contributed by atoms with Gasteiger partial charge in [0.15, 0.2) is 0 Å². The van der Waals surface area contributed by atoms with Crippen molar-refractivity contribution in [2.75, 3.05) is 5.32 Å². The van der Waals surface area contributed by atoms with Crippen LogP contribution in [0.2, 0.25) is 0 Å². The summed E-state index contributed by atoms with van der Waals surface area (Å²) >= 11 is 0. The summed E-state index contributed by atoms with van der Waals surface area (Å²) in [7, 11) is -4.30. The number of sulfonamides is 1. The number of ketones is 1. The first kappa shape index (κ1) is 22.5. The maximum atomic E-state index is 12.5. The van der Waals surface area contributed by atoms with Gasteiger partial charge in [-0.05, 0) is 36.0 Å². The molecule has 2 amide bonds. The smallest absolute Gasteiger partial charge is 0.307 e. The lowest BCUT2D eigenvalue weighted by Gasteiger charge is -2.20. The Kier molecular flexibility index (Phi) is 7.07. The van der Waals surface area contributed by atoms with Crippen LogP contribution in [-0.4, -0.2) is 30.2 Å². The van der Waals surface area contributed by atoms with Crippen LogP contribution in [0.25, 0.3) is 0 Å². The second-order valence-electron chi connectivity index (χ2n) is 7.39. The predicted octanol–water partition coefficient (Wildman–Crippen LogP) is 3.37. The molecule has 2 N–H and O–H groups in total. The fourth-order valence-electron chi connectivity index (χ4n) is 2.86. The molecule has 9 heteroatoms. The van der Waals surface area contributed by atoms with Crippen LogP contribution in [0, 0.1) is 0 Å². The highest BCUT2D eigenvalue weighted by molar-refractivity contribution is 7.89. The number of nitrogens with zero attached hydrogens (tertiary/aromatic N) is 2. The Morgan fingerprint density at radius 2 is 1.62 bits per heavy atom. The van der Waals surface area contributed by atoms with E-state index in [1.807, 2.05) is 50.6 Å².